The van der Waals surface area contributed by atoms with Crippen LogP contribution in [0.25, 0.3) is 11.1 Å². The minimum atomic E-state index is -0.490. The first kappa shape index (κ1) is 22.7. The molecule has 0 aliphatic heterocycles. The predicted octanol–water partition coefficient (Wildman–Crippen LogP) is 4.90. The maximum Gasteiger partial charge on any atom is 0.420 e. The third-order valence-electron chi connectivity index (χ3n) is 5.30. The lowest BCUT2D eigenvalue weighted by atomic mass is 10.1. The van der Waals surface area contributed by atoms with Crippen molar-refractivity contribution in [1.29, 1.82) is 0 Å². The minimum absolute atomic E-state index is 0.138. The summed E-state index contributed by atoms with van der Waals surface area (Å²) in [5.74, 6) is 1.04. The summed E-state index contributed by atoms with van der Waals surface area (Å²) >= 11 is 1.76. The number of amides is 1. The second-order valence-corrected chi connectivity index (χ2v) is 8.86. The molecule has 2 aromatic heterocycles. The van der Waals surface area contributed by atoms with Crippen LogP contribution in [0.5, 0.6) is 5.75 Å². The Labute approximate surface area is 195 Å². The van der Waals surface area contributed by atoms with Gasteiger partial charge in [-0.2, -0.15) is 0 Å². The Bertz CT molecular complexity index is 1330. The molecule has 4 aromatic rings. The van der Waals surface area contributed by atoms with Gasteiger partial charge in [0.15, 0.2) is 5.58 Å². The van der Waals surface area contributed by atoms with Gasteiger partial charge in [-0.25, -0.2) is 4.79 Å². The lowest BCUT2D eigenvalue weighted by molar-refractivity contribution is -0.115. The molecule has 2 aromatic carbocycles. The molecule has 0 aliphatic rings. The number of hydrogen-bond donors (Lipinski definition) is 1. The summed E-state index contributed by atoms with van der Waals surface area (Å²) in [6.45, 7) is 3.98. The third kappa shape index (κ3) is 5.12. The van der Waals surface area contributed by atoms with Crippen molar-refractivity contribution >= 4 is 34.5 Å². The average Bonchev–Trinajstić information content (AvgIpc) is 3.14. The van der Waals surface area contributed by atoms with E-state index in [1.54, 1.807) is 60.0 Å². The molecule has 0 spiro atoms. The van der Waals surface area contributed by atoms with E-state index in [2.05, 4.69) is 17.2 Å². The normalized spacial score (nSPS) is 12.0. The second-order valence-electron chi connectivity index (χ2n) is 7.52. The first-order valence-corrected chi connectivity index (χ1v) is 11.6. The fourth-order valence-corrected chi connectivity index (χ4v) is 4.32. The lowest BCUT2D eigenvalue weighted by Crippen LogP contribution is -2.20. The molecule has 1 unspecified atom stereocenters. The van der Waals surface area contributed by atoms with Crippen LogP contribution in [0.4, 0.5) is 5.69 Å². The summed E-state index contributed by atoms with van der Waals surface area (Å²) in [7, 11) is 1.58. The van der Waals surface area contributed by atoms with Crippen LogP contribution in [0.1, 0.15) is 31.1 Å². The van der Waals surface area contributed by atoms with Crippen LogP contribution in [-0.2, 0) is 11.2 Å². The Morgan fingerprint density at radius 1 is 1.18 bits per heavy atom. The molecule has 4 rings (SSSR count). The molecule has 1 amide bonds. The van der Waals surface area contributed by atoms with Gasteiger partial charge in [-0.15, -0.1) is 11.8 Å². The molecule has 7 nitrogen and oxygen atoms in total. The van der Waals surface area contributed by atoms with Gasteiger partial charge in [-0.1, -0.05) is 19.1 Å². The summed E-state index contributed by atoms with van der Waals surface area (Å²) in [5.41, 5.74) is 3.21. The molecule has 0 aliphatic carbocycles. The fraction of sp³-hybridized carbons (Fsp3) is 0.240. The number of oxazole rings is 1. The molecule has 0 saturated heterocycles. The van der Waals surface area contributed by atoms with Crippen LogP contribution in [0.3, 0.4) is 0 Å². The summed E-state index contributed by atoms with van der Waals surface area (Å²) in [4.78, 5) is 30.7. The number of nitrogens with zero attached hydrogens (tertiary/aromatic N) is 2. The van der Waals surface area contributed by atoms with Gasteiger partial charge in [0.05, 0.1) is 30.8 Å². The molecule has 0 radical (unpaired) electrons. The maximum atomic E-state index is 12.6. The standard InChI is InChI=1S/C25H25N3O4S/c1-4-33-20-8-5-17(6-9-20)13-24(29)27-18-7-10-22-23(14-18)32-25(30)28(22)16(2)21-15-19(31-3)11-12-26-21/h5-12,14-16H,4,13H2,1-3H3,(H,27,29). The summed E-state index contributed by atoms with van der Waals surface area (Å²) in [6, 6.07) is 16.4. The van der Waals surface area contributed by atoms with E-state index in [0.29, 0.717) is 28.2 Å². The van der Waals surface area contributed by atoms with Crippen molar-refractivity contribution in [3.8, 4) is 5.75 Å². The van der Waals surface area contributed by atoms with Crippen LogP contribution in [0.15, 0.2) is 74.9 Å². The highest BCUT2D eigenvalue weighted by Gasteiger charge is 2.19. The van der Waals surface area contributed by atoms with Crippen molar-refractivity contribution in [3.63, 3.8) is 0 Å². The molecule has 2 heterocycles. The zero-order valence-electron chi connectivity index (χ0n) is 18.7. The van der Waals surface area contributed by atoms with Gasteiger partial charge in [0.2, 0.25) is 5.91 Å². The molecule has 8 heteroatoms. The number of rotatable bonds is 8. The highest BCUT2D eigenvalue weighted by Crippen LogP contribution is 2.25. The van der Waals surface area contributed by atoms with Gasteiger partial charge in [0.25, 0.3) is 0 Å². The van der Waals surface area contributed by atoms with Crippen LogP contribution in [0, 0.1) is 0 Å². The quantitative estimate of drug-likeness (QED) is 0.374. The highest BCUT2D eigenvalue weighted by atomic mass is 32.2. The number of benzene rings is 2. The molecular formula is C25H25N3O4S. The molecule has 0 bridgehead atoms. The first-order valence-electron chi connectivity index (χ1n) is 10.6. The predicted molar refractivity (Wildman–Crippen MR) is 130 cm³/mol. The van der Waals surface area contributed by atoms with Crippen molar-refractivity contribution in [2.75, 3.05) is 18.2 Å². The van der Waals surface area contributed by atoms with E-state index >= 15 is 0 Å². The van der Waals surface area contributed by atoms with E-state index in [9.17, 15) is 9.59 Å². The number of carbonyl (C=O) groups is 1. The number of anilines is 1. The SMILES string of the molecule is CCSc1ccc(CC(=O)Nc2ccc3c(c2)oc(=O)n3C(C)c2cc(OC)ccn2)cc1. The van der Waals surface area contributed by atoms with E-state index < -0.39 is 5.76 Å². The molecular weight excluding hydrogens is 438 g/mol. The highest BCUT2D eigenvalue weighted by molar-refractivity contribution is 7.99. The van der Waals surface area contributed by atoms with Gasteiger partial charge in [0.1, 0.15) is 5.75 Å². The number of carbonyl (C=O) groups excluding carboxylic acids is 1. The van der Waals surface area contributed by atoms with Crippen molar-refractivity contribution in [1.82, 2.24) is 9.55 Å². The molecule has 1 atom stereocenters. The smallest absolute Gasteiger partial charge is 0.420 e. The van der Waals surface area contributed by atoms with Crippen LogP contribution >= 0.6 is 11.8 Å². The fourth-order valence-electron chi connectivity index (χ4n) is 3.66. The average molecular weight is 464 g/mol. The van der Waals surface area contributed by atoms with Gasteiger partial charge in [0, 0.05) is 28.9 Å². The van der Waals surface area contributed by atoms with Crippen LogP contribution in [-0.4, -0.2) is 28.3 Å². The number of nitrogens with one attached hydrogen (secondary N) is 1. The number of pyridine rings is 1. The number of hydrogen-bond acceptors (Lipinski definition) is 6. The summed E-state index contributed by atoms with van der Waals surface area (Å²) < 4.78 is 12.3. The Balaban J connectivity index is 1.52. The van der Waals surface area contributed by atoms with Crippen molar-refractivity contribution in [2.24, 2.45) is 0 Å². The van der Waals surface area contributed by atoms with E-state index in [0.717, 1.165) is 11.3 Å². The van der Waals surface area contributed by atoms with E-state index in [1.165, 1.54) is 4.90 Å². The first-order chi connectivity index (χ1) is 16.0. The Morgan fingerprint density at radius 2 is 1.97 bits per heavy atom. The Kier molecular flexibility index (Phi) is 6.84. The monoisotopic (exact) mass is 463 g/mol. The summed E-state index contributed by atoms with van der Waals surface area (Å²) in [6.07, 6.45) is 1.90. The Morgan fingerprint density at radius 3 is 2.70 bits per heavy atom. The molecule has 1 N–H and O–H groups in total. The zero-order chi connectivity index (χ0) is 23.4. The minimum Gasteiger partial charge on any atom is -0.497 e. The zero-order valence-corrected chi connectivity index (χ0v) is 19.5. The van der Waals surface area contributed by atoms with Crippen molar-refractivity contribution in [3.05, 3.63) is 82.6 Å². The van der Waals surface area contributed by atoms with Gasteiger partial charge in [-0.05, 0) is 48.6 Å². The van der Waals surface area contributed by atoms with E-state index in [-0.39, 0.29) is 18.4 Å². The van der Waals surface area contributed by atoms with Crippen molar-refractivity contribution < 1.29 is 13.9 Å². The maximum absolute atomic E-state index is 12.6. The molecule has 170 valence electrons. The summed E-state index contributed by atoms with van der Waals surface area (Å²) in [5, 5.41) is 2.88. The number of fused-ring (bicyclic) bond motifs is 1. The molecule has 33 heavy (non-hydrogen) atoms. The number of methoxy groups -OCH3 is 1. The van der Waals surface area contributed by atoms with Gasteiger partial charge < -0.3 is 14.5 Å². The van der Waals surface area contributed by atoms with E-state index in [4.69, 9.17) is 9.15 Å². The number of aromatic nitrogens is 2. The van der Waals surface area contributed by atoms with E-state index in [1.807, 2.05) is 31.2 Å². The number of thioether (sulfide) groups is 1. The Hall–Kier alpha value is -3.52. The van der Waals surface area contributed by atoms with Crippen LogP contribution < -0.4 is 15.8 Å². The largest absolute Gasteiger partial charge is 0.497 e. The lowest BCUT2D eigenvalue weighted by Gasteiger charge is -2.13. The molecule has 0 saturated carbocycles. The second kappa shape index (κ2) is 9.95. The van der Waals surface area contributed by atoms with Crippen LogP contribution in [0.2, 0.25) is 0 Å². The van der Waals surface area contributed by atoms with Gasteiger partial charge in [-0.3, -0.25) is 14.3 Å². The van der Waals surface area contributed by atoms with Gasteiger partial charge >= 0.3 is 5.76 Å². The molecule has 0 fully saturated rings. The third-order valence-corrected chi connectivity index (χ3v) is 6.19. The number of ether oxygens (including phenoxy) is 1. The van der Waals surface area contributed by atoms with Crippen molar-refractivity contribution in [2.45, 2.75) is 31.2 Å². The topological polar surface area (TPSA) is 86.4 Å².